The molecule has 0 fully saturated rings. The standard InChI is InChI=1S/C22H20BrN3O3/c1-15-3-5-16(6-4-15)14-29-21-12-19(23)18(11-20(21)28-2)13-25-26-22(27)17-7-9-24-10-8-17/h3-13H,14H2,1-2H3,(H,26,27)/b25-13-. The van der Waals surface area contributed by atoms with Gasteiger partial charge in [0.15, 0.2) is 11.5 Å². The van der Waals surface area contributed by atoms with Gasteiger partial charge in [0.25, 0.3) is 5.91 Å². The van der Waals surface area contributed by atoms with Crippen molar-refractivity contribution in [3.63, 3.8) is 0 Å². The van der Waals surface area contributed by atoms with E-state index in [1.54, 1.807) is 37.7 Å². The Kier molecular flexibility index (Phi) is 6.97. The molecule has 1 amide bonds. The smallest absolute Gasteiger partial charge is 0.271 e. The number of methoxy groups -OCH3 is 1. The summed E-state index contributed by atoms with van der Waals surface area (Å²) in [5, 5.41) is 4.01. The molecule has 0 aliphatic carbocycles. The fourth-order valence-electron chi connectivity index (χ4n) is 2.50. The van der Waals surface area contributed by atoms with E-state index in [-0.39, 0.29) is 5.91 Å². The number of rotatable bonds is 7. The number of aromatic nitrogens is 1. The van der Waals surface area contributed by atoms with Gasteiger partial charge in [0.1, 0.15) is 6.61 Å². The van der Waals surface area contributed by atoms with Crippen LogP contribution >= 0.6 is 15.9 Å². The lowest BCUT2D eigenvalue weighted by atomic mass is 10.2. The van der Waals surface area contributed by atoms with E-state index in [4.69, 9.17) is 9.47 Å². The minimum absolute atomic E-state index is 0.315. The van der Waals surface area contributed by atoms with Crippen LogP contribution < -0.4 is 14.9 Å². The second kappa shape index (κ2) is 9.84. The first kappa shape index (κ1) is 20.5. The Balaban J connectivity index is 1.68. The van der Waals surface area contributed by atoms with Crippen LogP contribution in [-0.2, 0) is 6.61 Å². The zero-order chi connectivity index (χ0) is 20.6. The number of benzene rings is 2. The van der Waals surface area contributed by atoms with Crippen molar-refractivity contribution in [2.24, 2.45) is 5.10 Å². The van der Waals surface area contributed by atoms with Crippen molar-refractivity contribution in [1.82, 2.24) is 10.4 Å². The van der Waals surface area contributed by atoms with Gasteiger partial charge in [0, 0.05) is 28.0 Å². The van der Waals surface area contributed by atoms with E-state index in [2.05, 4.69) is 31.4 Å². The molecular formula is C22H20BrN3O3. The van der Waals surface area contributed by atoms with E-state index in [9.17, 15) is 4.79 Å². The first-order valence-corrected chi connectivity index (χ1v) is 9.65. The molecule has 0 spiro atoms. The number of carbonyl (C=O) groups excluding carboxylic acids is 1. The monoisotopic (exact) mass is 453 g/mol. The lowest BCUT2D eigenvalue weighted by Gasteiger charge is -2.13. The van der Waals surface area contributed by atoms with E-state index in [0.717, 1.165) is 15.6 Å². The number of pyridine rings is 1. The Morgan fingerprint density at radius 3 is 2.55 bits per heavy atom. The van der Waals surface area contributed by atoms with Crippen molar-refractivity contribution in [3.05, 3.63) is 87.7 Å². The third-order valence-corrected chi connectivity index (χ3v) is 4.80. The van der Waals surface area contributed by atoms with Crippen LogP contribution in [0.4, 0.5) is 0 Å². The van der Waals surface area contributed by atoms with Gasteiger partial charge in [0.2, 0.25) is 0 Å². The normalized spacial score (nSPS) is 10.7. The highest BCUT2D eigenvalue weighted by molar-refractivity contribution is 9.10. The average Bonchev–Trinajstić information content (AvgIpc) is 2.75. The van der Waals surface area contributed by atoms with Crippen LogP contribution in [0.1, 0.15) is 27.0 Å². The Bertz CT molecular complexity index is 1010. The average molecular weight is 454 g/mol. The zero-order valence-corrected chi connectivity index (χ0v) is 17.6. The first-order valence-electron chi connectivity index (χ1n) is 8.86. The Labute approximate surface area is 177 Å². The number of hydrogen-bond acceptors (Lipinski definition) is 5. The number of nitrogens with one attached hydrogen (secondary N) is 1. The highest BCUT2D eigenvalue weighted by Gasteiger charge is 2.10. The summed E-state index contributed by atoms with van der Waals surface area (Å²) in [5.41, 5.74) is 5.97. The van der Waals surface area contributed by atoms with Gasteiger partial charge in [-0.3, -0.25) is 9.78 Å². The molecule has 0 aliphatic heterocycles. The molecule has 1 heterocycles. The van der Waals surface area contributed by atoms with E-state index < -0.39 is 0 Å². The van der Waals surface area contributed by atoms with Crippen LogP contribution in [0.15, 0.2) is 70.5 Å². The minimum atomic E-state index is -0.315. The molecule has 2 aromatic carbocycles. The molecule has 148 valence electrons. The number of amides is 1. The second-order valence-electron chi connectivity index (χ2n) is 6.23. The summed E-state index contributed by atoms with van der Waals surface area (Å²) < 4.78 is 12.1. The van der Waals surface area contributed by atoms with Gasteiger partial charge >= 0.3 is 0 Å². The quantitative estimate of drug-likeness (QED) is 0.422. The molecule has 0 bridgehead atoms. The van der Waals surface area contributed by atoms with E-state index in [1.807, 2.05) is 37.3 Å². The summed E-state index contributed by atoms with van der Waals surface area (Å²) in [7, 11) is 1.58. The lowest BCUT2D eigenvalue weighted by Crippen LogP contribution is -2.17. The number of ether oxygens (including phenoxy) is 2. The summed E-state index contributed by atoms with van der Waals surface area (Å²) in [6, 6.07) is 15.0. The van der Waals surface area contributed by atoms with Crippen molar-refractivity contribution in [1.29, 1.82) is 0 Å². The second-order valence-corrected chi connectivity index (χ2v) is 7.09. The van der Waals surface area contributed by atoms with Gasteiger partial charge in [-0.1, -0.05) is 29.8 Å². The van der Waals surface area contributed by atoms with Crippen molar-refractivity contribution >= 4 is 28.1 Å². The van der Waals surface area contributed by atoms with Crippen LogP contribution in [0.5, 0.6) is 11.5 Å². The van der Waals surface area contributed by atoms with Gasteiger partial charge in [-0.25, -0.2) is 5.43 Å². The Hall–Kier alpha value is -3.19. The number of nitrogens with zero attached hydrogens (tertiary/aromatic N) is 2. The maximum atomic E-state index is 12.0. The molecule has 1 aromatic heterocycles. The molecule has 7 heteroatoms. The SMILES string of the molecule is COc1cc(/C=N\NC(=O)c2ccncc2)c(Br)cc1OCc1ccc(C)cc1. The summed E-state index contributed by atoms with van der Waals surface area (Å²) >= 11 is 3.51. The van der Waals surface area contributed by atoms with Crippen LogP contribution in [-0.4, -0.2) is 24.2 Å². The van der Waals surface area contributed by atoms with Gasteiger partial charge in [0.05, 0.1) is 13.3 Å². The zero-order valence-electron chi connectivity index (χ0n) is 16.1. The van der Waals surface area contributed by atoms with Crippen molar-refractivity contribution in [2.75, 3.05) is 7.11 Å². The third kappa shape index (κ3) is 5.65. The number of halogens is 1. The number of carbonyl (C=O) groups is 1. The Morgan fingerprint density at radius 2 is 1.86 bits per heavy atom. The van der Waals surface area contributed by atoms with E-state index in [1.165, 1.54) is 11.8 Å². The van der Waals surface area contributed by atoms with E-state index >= 15 is 0 Å². The van der Waals surface area contributed by atoms with Gasteiger partial charge < -0.3 is 9.47 Å². The van der Waals surface area contributed by atoms with Crippen LogP contribution in [0, 0.1) is 6.92 Å². The predicted octanol–water partition coefficient (Wildman–Crippen LogP) is 4.50. The van der Waals surface area contributed by atoms with Crippen molar-refractivity contribution in [3.8, 4) is 11.5 Å². The van der Waals surface area contributed by atoms with Crippen LogP contribution in [0.25, 0.3) is 0 Å². The molecule has 6 nitrogen and oxygen atoms in total. The maximum absolute atomic E-state index is 12.0. The first-order chi connectivity index (χ1) is 14.1. The summed E-state index contributed by atoms with van der Waals surface area (Å²) in [6.45, 7) is 2.48. The number of hydrazone groups is 1. The molecule has 29 heavy (non-hydrogen) atoms. The topological polar surface area (TPSA) is 72.8 Å². The van der Waals surface area contributed by atoms with Crippen LogP contribution in [0.3, 0.4) is 0 Å². The summed E-state index contributed by atoms with van der Waals surface area (Å²) in [4.78, 5) is 15.9. The summed E-state index contributed by atoms with van der Waals surface area (Å²) in [5.74, 6) is 0.866. The molecule has 0 saturated heterocycles. The minimum Gasteiger partial charge on any atom is -0.493 e. The van der Waals surface area contributed by atoms with Crippen molar-refractivity contribution < 1.29 is 14.3 Å². The van der Waals surface area contributed by atoms with E-state index in [0.29, 0.717) is 23.7 Å². The highest BCUT2D eigenvalue weighted by Crippen LogP contribution is 2.33. The molecule has 3 aromatic rings. The number of aryl methyl sites for hydroxylation is 1. The van der Waals surface area contributed by atoms with Crippen LogP contribution in [0.2, 0.25) is 0 Å². The molecule has 1 N–H and O–H groups in total. The molecule has 0 unspecified atom stereocenters. The lowest BCUT2D eigenvalue weighted by molar-refractivity contribution is 0.0955. The predicted molar refractivity (Wildman–Crippen MR) is 116 cm³/mol. The highest BCUT2D eigenvalue weighted by atomic mass is 79.9. The van der Waals surface area contributed by atoms with Gasteiger partial charge in [-0.2, -0.15) is 5.10 Å². The molecule has 0 radical (unpaired) electrons. The third-order valence-electron chi connectivity index (χ3n) is 4.11. The number of hydrogen-bond donors (Lipinski definition) is 1. The van der Waals surface area contributed by atoms with Gasteiger partial charge in [-0.05, 0) is 52.7 Å². The fraction of sp³-hybridized carbons (Fsp3) is 0.136. The molecule has 0 atom stereocenters. The fourth-order valence-corrected chi connectivity index (χ4v) is 2.92. The molecular weight excluding hydrogens is 434 g/mol. The molecule has 0 saturated carbocycles. The largest absolute Gasteiger partial charge is 0.493 e. The van der Waals surface area contributed by atoms with Gasteiger partial charge in [-0.15, -0.1) is 0 Å². The maximum Gasteiger partial charge on any atom is 0.271 e. The summed E-state index contributed by atoms with van der Waals surface area (Å²) in [6.07, 6.45) is 4.64. The molecule has 0 aliphatic rings. The Morgan fingerprint density at radius 1 is 1.14 bits per heavy atom. The van der Waals surface area contributed by atoms with Crippen molar-refractivity contribution in [2.45, 2.75) is 13.5 Å². The molecule has 3 rings (SSSR count).